The van der Waals surface area contributed by atoms with Crippen LogP contribution in [0.4, 0.5) is 11.4 Å². The van der Waals surface area contributed by atoms with Crippen LogP contribution >= 0.6 is 0 Å². The molecule has 2 N–H and O–H groups in total. The lowest BCUT2D eigenvalue weighted by Gasteiger charge is -2.24. The number of aliphatic carboxylic acids is 1. The van der Waals surface area contributed by atoms with Gasteiger partial charge in [-0.15, -0.1) is 0 Å². The van der Waals surface area contributed by atoms with Crippen molar-refractivity contribution in [3.63, 3.8) is 0 Å². The van der Waals surface area contributed by atoms with Crippen LogP contribution in [0.15, 0.2) is 36.4 Å². The van der Waals surface area contributed by atoms with Gasteiger partial charge in [0.15, 0.2) is 0 Å². The second-order valence-electron chi connectivity index (χ2n) is 4.70. The van der Waals surface area contributed by atoms with E-state index >= 15 is 0 Å². The summed E-state index contributed by atoms with van der Waals surface area (Å²) in [5.74, 6) is -1.59. The lowest BCUT2D eigenvalue weighted by Crippen LogP contribution is -2.24. The Labute approximate surface area is 125 Å². The Kier molecular flexibility index (Phi) is 7.01. The molecule has 0 saturated carbocycles. The normalized spacial score (nSPS) is 10.6. The zero-order valence-electron chi connectivity index (χ0n) is 12.5. The summed E-state index contributed by atoms with van der Waals surface area (Å²) in [7, 11) is 0. The third-order valence-corrected chi connectivity index (χ3v) is 2.84. The Morgan fingerprint density at radius 3 is 2.43 bits per heavy atom. The molecule has 0 fully saturated rings. The summed E-state index contributed by atoms with van der Waals surface area (Å²) in [6.07, 6.45) is 3.93. The van der Waals surface area contributed by atoms with E-state index in [9.17, 15) is 9.59 Å². The van der Waals surface area contributed by atoms with E-state index in [1.165, 1.54) is 0 Å². The summed E-state index contributed by atoms with van der Waals surface area (Å²) in [6.45, 7) is 6.18. The van der Waals surface area contributed by atoms with Crippen molar-refractivity contribution in [2.75, 3.05) is 23.3 Å². The zero-order valence-corrected chi connectivity index (χ0v) is 12.5. The molecule has 0 atom stereocenters. The fourth-order valence-corrected chi connectivity index (χ4v) is 2.02. The molecule has 0 spiro atoms. The number of carbonyl (C=O) groups excluding carboxylic acids is 1. The van der Waals surface area contributed by atoms with Crippen LogP contribution in [-0.4, -0.2) is 30.1 Å². The van der Waals surface area contributed by atoms with E-state index in [1.807, 2.05) is 18.2 Å². The van der Waals surface area contributed by atoms with E-state index in [-0.39, 0.29) is 0 Å². The molecule has 0 aliphatic rings. The molecule has 1 amide bonds. The molecule has 0 aliphatic heterocycles. The van der Waals surface area contributed by atoms with E-state index in [2.05, 4.69) is 24.1 Å². The maximum atomic E-state index is 11.6. The summed E-state index contributed by atoms with van der Waals surface area (Å²) in [5, 5.41) is 11.2. The molecule has 0 bridgehead atoms. The van der Waals surface area contributed by atoms with Gasteiger partial charge in [0.05, 0.1) is 0 Å². The Balaban J connectivity index is 2.79. The van der Waals surface area contributed by atoms with Gasteiger partial charge < -0.3 is 15.3 Å². The molecule has 0 unspecified atom stereocenters. The second kappa shape index (κ2) is 8.79. The third-order valence-electron chi connectivity index (χ3n) is 2.84. The summed E-state index contributed by atoms with van der Waals surface area (Å²) < 4.78 is 0. The molecule has 0 saturated heterocycles. The van der Waals surface area contributed by atoms with E-state index in [1.54, 1.807) is 6.07 Å². The SMILES string of the molecule is CCCN(CCC)c1cccc(NC(=O)/C=C\C(=O)O)c1. The number of carboxylic acids is 1. The first-order chi connectivity index (χ1) is 10.1. The summed E-state index contributed by atoms with van der Waals surface area (Å²) in [4.78, 5) is 24.2. The summed E-state index contributed by atoms with van der Waals surface area (Å²) >= 11 is 0. The number of carbonyl (C=O) groups is 2. The predicted molar refractivity (Wildman–Crippen MR) is 84.6 cm³/mol. The molecule has 21 heavy (non-hydrogen) atoms. The molecule has 0 aliphatic carbocycles. The zero-order chi connectivity index (χ0) is 15.7. The Bertz CT molecular complexity index is 506. The minimum atomic E-state index is -1.14. The van der Waals surface area contributed by atoms with Crippen molar-refractivity contribution in [1.29, 1.82) is 0 Å². The highest BCUT2D eigenvalue weighted by Gasteiger charge is 2.06. The van der Waals surface area contributed by atoms with Crippen molar-refractivity contribution in [3.8, 4) is 0 Å². The van der Waals surface area contributed by atoms with Gasteiger partial charge in [0, 0.05) is 36.6 Å². The van der Waals surface area contributed by atoms with Gasteiger partial charge in [-0.3, -0.25) is 4.79 Å². The standard InChI is InChI=1S/C16H22N2O3/c1-3-10-18(11-4-2)14-7-5-6-13(12-14)17-15(19)8-9-16(20)21/h5-9,12H,3-4,10-11H2,1-2H3,(H,17,19)(H,20,21)/b9-8-. The average molecular weight is 290 g/mol. The minimum Gasteiger partial charge on any atom is -0.478 e. The van der Waals surface area contributed by atoms with Crippen molar-refractivity contribution in [1.82, 2.24) is 0 Å². The Morgan fingerprint density at radius 1 is 1.19 bits per heavy atom. The maximum absolute atomic E-state index is 11.6. The van der Waals surface area contributed by atoms with Crippen molar-refractivity contribution < 1.29 is 14.7 Å². The molecule has 1 aromatic carbocycles. The second-order valence-corrected chi connectivity index (χ2v) is 4.70. The molecule has 0 radical (unpaired) electrons. The van der Waals surface area contributed by atoms with Crippen molar-refractivity contribution in [3.05, 3.63) is 36.4 Å². The Morgan fingerprint density at radius 2 is 1.86 bits per heavy atom. The first-order valence-corrected chi connectivity index (χ1v) is 7.13. The van der Waals surface area contributed by atoms with Crippen molar-refractivity contribution >= 4 is 23.3 Å². The van der Waals surface area contributed by atoms with Gasteiger partial charge in [0.1, 0.15) is 0 Å². The number of carboxylic acid groups (broad SMARTS) is 1. The number of hydrogen-bond acceptors (Lipinski definition) is 3. The summed E-state index contributed by atoms with van der Waals surface area (Å²) in [5.41, 5.74) is 1.71. The maximum Gasteiger partial charge on any atom is 0.328 e. The lowest BCUT2D eigenvalue weighted by molar-refractivity contribution is -0.131. The minimum absolute atomic E-state index is 0.452. The molecule has 5 nitrogen and oxygen atoms in total. The summed E-state index contributed by atoms with van der Waals surface area (Å²) in [6, 6.07) is 7.57. The third kappa shape index (κ3) is 6.12. The van der Waals surface area contributed by atoms with Crippen LogP contribution in [0, 0.1) is 0 Å². The van der Waals surface area contributed by atoms with Crippen LogP contribution in [0.25, 0.3) is 0 Å². The highest BCUT2D eigenvalue weighted by molar-refractivity contribution is 6.02. The molecular weight excluding hydrogens is 268 g/mol. The van der Waals surface area contributed by atoms with Crippen LogP contribution in [-0.2, 0) is 9.59 Å². The van der Waals surface area contributed by atoms with Gasteiger partial charge in [-0.05, 0) is 31.0 Å². The first kappa shape index (κ1) is 16.8. The largest absolute Gasteiger partial charge is 0.478 e. The molecule has 0 heterocycles. The first-order valence-electron chi connectivity index (χ1n) is 7.13. The quantitative estimate of drug-likeness (QED) is 0.722. The number of nitrogens with zero attached hydrogens (tertiary/aromatic N) is 1. The number of hydrogen-bond donors (Lipinski definition) is 2. The van der Waals surface area contributed by atoms with Gasteiger partial charge in [-0.25, -0.2) is 4.79 Å². The molecule has 1 aromatic rings. The number of rotatable bonds is 8. The van der Waals surface area contributed by atoms with Gasteiger partial charge >= 0.3 is 5.97 Å². The number of nitrogens with one attached hydrogen (secondary N) is 1. The lowest BCUT2D eigenvalue weighted by atomic mass is 10.2. The number of anilines is 2. The Hall–Kier alpha value is -2.30. The smallest absolute Gasteiger partial charge is 0.328 e. The number of amides is 1. The van der Waals surface area contributed by atoms with Crippen LogP contribution in [0.5, 0.6) is 0 Å². The van der Waals surface area contributed by atoms with Gasteiger partial charge in [0.2, 0.25) is 5.91 Å². The van der Waals surface area contributed by atoms with Gasteiger partial charge in [0.25, 0.3) is 0 Å². The van der Waals surface area contributed by atoms with Crippen molar-refractivity contribution in [2.24, 2.45) is 0 Å². The van der Waals surface area contributed by atoms with E-state index in [0.29, 0.717) is 5.69 Å². The van der Waals surface area contributed by atoms with E-state index in [0.717, 1.165) is 43.8 Å². The van der Waals surface area contributed by atoms with Gasteiger partial charge in [-0.1, -0.05) is 19.9 Å². The molecular formula is C16H22N2O3. The predicted octanol–water partition coefficient (Wildman–Crippen LogP) is 2.89. The van der Waals surface area contributed by atoms with Crippen LogP contribution in [0.2, 0.25) is 0 Å². The van der Waals surface area contributed by atoms with Crippen molar-refractivity contribution in [2.45, 2.75) is 26.7 Å². The average Bonchev–Trinajstić information content (AvgIpc) is 2.45. The fourth-order valence-electron chi connectivity index (χ4n) is 2.02. The molecule has 5 heteroatoms. The van der Waals surface area contributed by atoms with Gasteiger partial charge in [-0.2, -0.15) is 0 Å². The fraction of sp³-hybridized carbons (Fsp3) is 0.375. The van der Waals surface area contributed by atoms with E-state index < -0.39 is 11.9 Å². The van der Waals surface area contributed by atoms with Crippen LogP contribution in [0.3, 0.4) is 0 Å². The monoisotopic (exact) mass is 290 g/mol. The number of benzene rings is 1. The van der Waals surface area contributed by atoms with Crippen LogP contribution in [0.1, 0.15) is 26.7 Å². The van der Waals surface area contributed by atoms with E-state index in [4.69, 9.17) is 5.11 Å². The van der Waals surface area contributed by atoms with Crippen LogP contribution < -0.4 is 10.2 Å². The highest BCUT2D eigenvalue weighted by Crippen LogP contribution is 2.20. The molecule has 0 aromatic heterocycles. The molecule has 1 rings (SSSR count). The highest BCUT2D eigenvalue weighted by atomic mass is 16.4. The topological polar surface area (TPSA) is 69.6 Å². The molecule has 114 valence electrons.